The molecule has 0 fully saturated rings. The van der Waals surface area contributed by atoms with E-state index in [0.717, 1.165) is 10.4 Å². The molecule has 0 aliphatic rings. The third-order valence-electron chi connectivity index (χ3n) is 3.04. The highest BCUT2D eigenvalue weighted by molar-refractivity contribution is 7.91. The van der Waals surface area contributed by atoms with Crippen LogP contribution in [0.4, 0.5) is 0 Å². The van der Waals surface area contributed by atoms with Crippen molar-refractivity contribution in [2.45, 2.75) is 37.1 Å². The predicted molar refractivity (Wildman–Crippen MR) is 89.6 cm³/mol. The van der Waals surface area contributed by atoms with E-state index < -0.39 is 10.0 Å². The molecule has 21 heavy (non-hydrogen) atoms. The Labute approximate surface area is 134 Å². The van der Waals surface area contributed by atoms with Gasteiger partial charge in [0.15, 0.2) is 0 Å². The number of hydrogen-bond acceptors (Lipinski definition) is 5. The van der Waals surface area contributed by atoms with Gasteiger partial charge in [-0.25, -0.2) is 13.1 Å². The van der Waals surface area contributed by atoms with Gasteiger partial charge < -0.3 is 5.32 Å². The molecule has 0 saturated carbocycles. The highest BCUT2D eigenvalue weighted by Crippen LogP contribution is 2.26. The summed E-state index contributed by atoms with van der Waals surface area (Å²) < 4.78 is 28.0. The second-order valence-electron chi connectivity index (χ2n) is 5.01. The van der Waals surface area contributed by atoms with Gasteiger partial charge in [-0.15, -0.1) is 22.7 Å². The summed E-state index contributed by atoms with van der Waals surface area (Å²) in [6, 6.07) is 5.63. The Kier molecular flexibility index (Phi) is 5.56. The molecule has 0 bridgehead atoms. The molecular formula is C14H20N2O2S3. The van der Waals surface area contributed by atoms with Gasteiger partial charge >= 0.3 is 0 Å². The van der Waals surface area contributed by atoms with Crippen molar-refractivity contribution in [2.75, 3.05) is 7.05 Å². The zero-order chi connectivity index (χ0) is 15.5. The third kappa shape index (κ3) is 4.37. The van der Waals surface area contributed by atoms with Gasteiger partial charge in [-0.05, 0) is 50.4 Å². The molecule has 4 nitrogen and oxygen atoms in total. The SMILES string of the molecule is CNCc1sc(S(=O)(=O)NC(C)Cc2cccs2)cc1C. The van der Waals surface area contributed by atoms with E-state index in [1.807, 2.05) is 38.4 Å². The maximum absolute atomic E-state index is 12.4. The molecule has 1 atom stereocenters. The summed E-state index contributed by atoms with van der Waals surface area (Å²) in [6.07, 6.45) is 0.713. The van der Waals surface area contributed by atoms with E-state index in [2.05, 4.69) is 10.0 Å². The monoisotopic (exact) mass is 344 g/mol. The molecule has 0 aromatic carbocycles. The van der Waals surface area contributed by atoms with E-state index in [0.29, 0.717) is 17.2 Å². The van der Waals surface area contributed by atoms with E-state index in [9.17, 15) is 8.42 Å². The predicted octanol–water partition coefficient (Wildman–Crippen LogP) is 2.75. The van der Waals surface area contributed by atoms with Gasteiger partial charge in [-0.1, -0.05) is 6.07 Å². The first-order chi connectivity index (χ1) is 9.92. The summed E-state index contributed by atoms with van der Waals surface area (Å²) in [7, 11) is -1.58. The normalized spacial score (nSPS) is 13.5. The first kappa shape index (κ1) is 16.6. The van der Waals surface area contributed by atoms with Crippen LogP contribution in [0.3, 0.4) is 0 Å². The molecule has 2 aromatic heterocycles. The average Bonchev–Trinajstić information content (AvgIpc) is 3.00. The van der Waals surface area contributed by atoms with Crippen molar-refractivity contribution in [3.8, 4) is 0 Å². The van der Waals surface area contributed by atoms with Crippen molar-refractivity contribution in [1.29, 1.82) is 0 Å². The minimum absolute atomic E-state index is 0.121. The summed E-state index contributed by atoms with van der Waals surface area (Å²) in [4.78, 5) is 2.24. The standard InChI is InChI=1S/C14H20N2O2S3/c1-10-7-14(20-13(10)9-15-3)21(17,18)16-11(2)8-12-5-4-6-19-12/h4-7,11,15-16H,8-9H2,1-3H3. The lowest BCUT2D eigenvalue weighted by Crippen LogP contribution is -2.33. The minimum atomic E-state index is -3.44. The Morgan fingerprint density at radius 1 is 1.38 bits per heavy atom. The zero-order valence-corrected chi connectivity index (χ0v) is 14.8. The summed E-state index contributed by atoms with van der Waals surface area (Å²) in [5, 5.41) is 5.06. The number of aryl methyl sites for hydroxylation is 1. The van der Waals surface area contributed by atoms with Crippen LogP contribution >= 0.6 is 22.7 Å². The topological polar surface area (TPSA) is 58.2 Å². The maximum atomic E-state index is 12.4. The lowest BCUT2D eigenvalue weighted by Gasteiger charge is -2.12. The molecule has 7 heteroatoms. The largest absolute Gasteiger partial charge is 0.315 e. The fourth-order valence-electron chi connectivity index (χ4n) is 2.05. The molecule has 2 heterocycles. The van der Waals surface area contributed by atoms with Crippen LogP contribution in [-0.4, -0.2) is 21.5 Å². The van der Waals surface area contributed by atoms with Crippen molar-refractivity contribution < 1.29 is 8.42 Å². The summed E-state index contributed by atoms with van der Waals surface area (Å²) in [5.74, 6) is 0. The first-order valence-electron chi connectivity index (χ1n) is 6.71. The lowest BCUT2D eigenvalue weighted by atomic mass is 10.2. The highest BCUT2D eigenvalue weighted by Gasteiger charge is 2.21. The van der Waals surface area contributed by atoms with E-state index in [4.69, 9.17) is 0 Å². The van der Waals surface area contributed by atoms with Gasteiger partial charge in [0.2, 0.25) is 10.0 Å². The van der Waals surface area contributed by atoms with Crippen LogP contribution in [0, 0.1) is 6.92 Å². The molecule has 116 valence electrons. The van der Waals surface area contributed by atoms with Crippen LogP contribution in [-0.2, 0) is 23.0 Å². The molecule has 0 aliphatic heterocycles. The van der Waals surface area contributed by atoms with Crippen molar-refractivity contribution in [1.82, 2.24) is 10.0 Å². The molecular weight excluding hydrogens is 324 g/mol. The lowest BCUT2D eigenvalue weighted by molar-refractivity contribution is 0.562. The van der Waals surface area contributed by atoms with Gasteiger partial charge in [0.25, 0.3) is 0 Å². The first-order valence-corrected chi connectivity index (χ1v) is 9.89. The van der Waals surface area contributed by atoms with Crippen molar-refractivity contribution in [3.63, 3.8) is 0 Å². The maximum Gasteiger partial charge on any atom is 0.250 e. The molecule has 2 N–H and O–H groups in total. The molecule has 1 unspecified atom stereocenters. The quantitative estimate of drug-likeness (QED) is 0.812. The second kappa shape index (κ2) is 7.02. The molecule has 0 spiro atoms. The van der Waals surface area contributed by atoms with Crippen LogP contribution in [0.5, 0.6) is 0 Å². The highest BCUT2D eigenvalue weighted by atomic mass is 32.2. The van der Waals surface area contributed by atoms with Crippen LogP contribution in [0.15, 0.2) is 27.8 Å². The molecule has 0 amide bonds. The summed E-state index contributed by atoms with van der Waals surface area (Å²) >= 11 is 2.98. The Hall–Kier alpha value is -0.730. The molecule has 0 saturated heterocycles. The van der Waals surface area contributed by atoms with Gasteiger partial charge in [0.05, 0.1) is 0 Å². The van der Waals surface area contributed by atoms with Gasteiger partial charge in [-0.3, -0.25) is 0 Å². The Morgan fingerprint density at radius 2 is 2.14 bits per heavy atom. The van der Waals surface area contributed by atoms with E-state index >= 15 is 0 Å². The van der Waals surface area contributed by atoms with Crippen molar-refractivity contribution >= 4 is 32.7 Å². The average molecular weight is 345 g/mol. The minimum Gasteiger partial charge on any atom is -0.315 e. The molecule has 2 aromatic rings. The fraction of sp³-hybridized carbons (Fsp3) is 0.429. The molecule has 2 rings (SSSR count). The Morgan fingerprint density at radius 3 is 2.76 bits per heavy atom. The van der Waals surface area contributed by atoms with Crippen molar-refractivity contribution in [2.24, 2.45) is 0 Å². The third-order valence-corrected chi connectivity index (χ3v) is 7.24. The number of nitrogens with one attached hydrogen (secondary N) is 2. The summed E-state index contributed by atoms with van der Waals surface area (Å²) in [5.41, 5.74) is 1.01. The molecule has 0 aliphatic carbocycles. The smallest absolute Gasteiger partial charge is 0.250 e. The number of sulfonamides is 1. The van der Waals surface area contributed by atoms with Gasteiger partial charge in [-0.2, -0.15) is 0 Å². The van der Waals surface area contributed by atoms with E-state index in [1.165, 1.54) is 16.2 Å². The number of rotatable bonds is 7. The summed E-state index contributed by atoms with van der Waals surface area (Å²) in [6.45, 7) is 4.53. The number of thiophene rings is 2. The zero-order valence-electron chi connectivity index (χ0n) is 12.3. The van der Waals surface area contributed by atoms with Crippen LogP contribution in [0.25, 0.3) is 0 Å². The second-order valence-corrected chi connectivity index (χ2v) is 9.12. The van der Waals surface area contributed by atoms with E-state index in [-0.39, 0.29) is 6.04 Å². The molecule has 0 radical (unpaired) electrons. The Bertz CT molecular complexity index is 675. The van der Waals surface area contributed by atoms with E-state index in [1.54, 1.807) is 17.4 Å². The van der Waals surface area contributed by atoms with Crippen LogP contribution < -0.4 is 10.0 Å². The van der Waals surface area contributed by atoms with Gasteiger partial charge in [0, 0.05) is 22.3 Å². The fourth-order valence-corrected chi connectivity index (χ4v) is 5.75. The van der Waals surface area contributed by atoms with Crippen LogP contribution in [0.2, 0.25) is 0 Å². The van der Waals surface area contributed by atoms with Crippen molar-refractivity contribution in [3.05, 3.63) is 38.9 Å². The van der Waals surface area contributed by atoms with Crippen LogP contribution in [0.1, 0.15) is 22.2 Å². The number of hydrogen-bond donors (Lipinski definition) is 2. The Balaban J connectivity index is 2.09. The van der Waals surface area contributed by atoms with Gasteiger partial charge in [0.1, 0.15) is 4.21 Å².